The summed E-state index contributed by atoms with van der Waals surface area (Å²) in [5, 5.41) is 5.61. The molecule has 1 heterocycles. The molecule has 1 fully saturated rings. The number of benzene rings is 4. The van der Waals surface area contributed by atoms with Gasteiger partial charge in [0.1, 0.15) is 6.61 Å². The van der Waals surface area contributed by atoms with Crippen LogP contribution in [-0.2, 0) is 17.9 Å². The maximum atomic E-state index is 12.5. The van der Waals surface area contributed by atoms with Crippen molar-refractivity contribution in [2.45, 2.75) is 25.6 Å². The maximum absolute atomic E-state index is 12.5. The highest BCUT2D eigenvalue weighted by Gasteiger charge is 2.25. The van der Waals surface area contributed by atoms with E-state index in [0.717, 1.165) is 42.7 Å². The van der Waals surface area contributed by atoms with Gasteiger partial charge in [-0.25, -0.2) is 4.79 Å². The summed E-state index contributed by atoms with van der Waals surface area (Å²) in [6.07, 6.45) is 4.74. The Morgan fingerprint density at radius 2 is 1.58 bits per heavy atom. The van der Waals surface area contributed by atoms with Gasteiger partial charge in [-0.05, 0) is 40.1 Å². The molecule has 4 aromatic carbocycles. The molecule has 1 aliphatic heterocycles. The van der Waals surface area contributed by atoms with Crippen molar-refractivity contribution in [1.29, 1.82) is 0 Å². The van der Waals surface area contributed by atoms with Gasteiger partial charge in [0.25, 0.3) is 0 Å². The van der Waals surface area contributed by atoms with Crippen molar-refractivity contribution in [2.24, 2.45) is 0 Å². The van der Waals surface area contributed by atoms with Gasteiger partial charge in [-0.15, -0.1) is 0 Å². The quantitative estimate of drug-likeness (QED) is 0.275. The molecule has 5 rings (SSSR count). The minimum absolute atomic E-state index is 0.0975. The lowest BCUT2D eigenvalue weighted by atomic mass is 10.0. The molecule has 0 aliphatic carbocycles. The predicted octanol–water partition coefficient (Wildman–Crippen LogP) is 6.58. The van der Waals surface area contributed by atoms with Gasteiger partial charge in [-0.3, -0.25) is 4.90 Å². The minimum Gasteiger partial charge on any atom is -0.445 e. The summed E-state index contributed by atoms with van der Waals surface area (Å²) >= 11 is 0. The maximum Gasteiger partial charge on any atom is 0.407 e. The summed E-state index contributed by atoms with van der Waals surface area (Å²) in [6.45, 7) is 2.90. The zero-order valence-electron chi connectivity index (χ0n) is 22.1. The molecular formula is C33H35N3O2. The largest absolute Gasteiger partial charge is 0.445 e. The van der Waals surface area contributed by atoms with Crippen LogP contribution in [0.2, 0.25) is 0 Å². The van der Waals surface area contributed by atoms with E-state index in [4.69, 9.17) is 4.74 Å². The number of carbonyl (C=O) groups is 1. The number of hydrogen-bond acceptors (Lipinski definition) is 4. The van der Waals surface area contributed by atoms with Crippen molar-refractivity contribution in [1.82, 2.24) is 10.2 Å². The fourth-order valence-corrected chi connectivity index (χ4v) is 5.05. The second-order valence-electron chi connectivity index (χ2n) is 10.1. The van der Waals surface area contributed by atoms with Crippen molar-refractivity contribution in [3.63, 3.8) is 0 Å². The van der Waals surface area contributed by atoms with E-state index in [1.165, 1.54) is 22.0 Å². The minimum atomic E-state index is -0.356. The van der Waals surface area contributed by atoms with Crippen molar-refractivity contribution in [2.75, 3.05) is 32.1 Å². The monoisotopic (exact) mass is 505 g/mol. The van der Waals surface area contributed by atoms with E-state index in [9.17, 15) is 4.79 Å². The summed E-state index contributed by atoms with van der Waals surface area (Å²) < 4.78 is 5.51. The van der Waals surface area contributed by atoms with Crippen LogP contribution in [0, 0.1) is 0 Å². The Morgan fingerprint density at radius 3 is 2.32 bits per heavy atom. The van der Waals surface area contributed by atoms with E-state index >= 15 is 0 Å². The van der Waals surface area contributed by atoms with Crippen LogP contribution in [-0.4, -0.2) is 44.2 Å². The highest BCUT2D eigenvalue weighted by molar-refractivity contribution is 5.96. The van der Waals surface area contributed by atoms with Gasteiger partial charge in [0.15, 0.2) is 0 Å². The Balaban J connectivity index is 1.10. The van der Waals surface area contributed by atoms with Gasteiger partial charge >= 0.3 is 6.09 Å². The summed E-state index contributed by atoms with van der Waals surface area (Å²) in [5.41, 5.74) is 5.79. The number of ether oxygens (including phenoxy) is 1. The first-order chi connectivity index (χ1) is 18.5. The molecule has 0 aromatic heterocycles. The molecule has 5 nitrogen and oxygen atoms in total. The van der Waals surface area contributed by atoms with E-state index in [1.807, 2.05) is 42.5 Å². The topological polar surface area (TPSA) is 44.8 Å². The predicted molar refractivity (Wildman–Crippen MR) is 157 cm³/mol. The average Bonchev–Trinajstić information content (AvgIpc) is 3.38. The van der Waals surface area contributed by atoms with Gasteiger partial charge in [0.2, 0.25) is 0 Å². The molecule has 0 spiro atoms. The molecule has 1 saturated heterocycles. The van der Waals surface area contributed by atoms with Crippen LogP contribution < -0.4 is 10.2 Å². The highest BCUT2D eigenvalue weighted by Crippen LogP contribution is 2.29. The van der Waals surface area contributed by atoms with Crippen molar-refractivity contribution >= 4 is 34.7 Å². The Bertz CT molecular complexity index is 1400. The van der Waals surface area contributed by atoms with Crippen LogP contribution >= 0.6 is 0 Å². The Labute approximate surface area is 225 Å². The lowest BCUT2D eigenvalue weighted by molar-refractivity contribution is 0.135. The summed E-state index contributed by atoms with van der Waals surface area (Å²) in [4.78, 5) is 17.0. The molecular weight excluding hydrogens is 470 g/mol. The zero-order valence-corrected chi connectivity index (χ0v) is 22.1. The number of alkyl carbamates (subject to hydrolysis) is 1. The number of nitrogens with one attached hydrogen (secondary N) is 1. The smallest absolute Gasteiger partial charge is 0.407 e. The molecule has 1 amide bonds. The van der Waals surface area contributed by atoms with Gasteiger partial charge in [-0.1, -0.05) is 97.1 Å². The highest BCUT2D eigenvalue weighted by atomic mass is 16.5. The van der Waals surface area contributed by atoms with Crippen LogP contribution in [0.25, 0.3) is 22.9 Å². The number of hydrogen-bond donors (Lipinski definition) is 1. The second-order valence-corrected chi connectivity index (χ2v) is 10.1. The van der Waals surface area contributed by atoms with E-state index < -0.39 is 0 Å². The Kier molecular flexibility index (Phi) is 8.05. The van der Waals surface area contributed by atoms with E-state index in [-0.39, 0.29) is 18.7 Å². The van der Waals surface area contributed by atoms with Crippen molar-refractivity contribution < 1.29 is 9.53 Å². The van der Waals surface area contributed by atoms with Crippen LogP contribution in [0.4, 0.5) is 10.5 Å². The summed E-state index contributed by atoms with van der Waals surface area (Å²) in [5.74, 6) is 0. The normalized spacial score (nSPS) is 15.7. The number of nitrogens with zero attached hydrogens (tertiary/aromatic N) is 2. The van der Waals surface area contributed by atoms with Gasteiger partial charge in [0, 0.05) is 50.8 Å². The average molecular weight is 506 g/mol. The van der Waals surface area contributed by atoms with Crippen molar-refractivity contribution in [3.05, 3.63) is 113 Å². The van der Waals surface area contributed by atoms with E-state index in [2.05, 4.69) is 89.9 Å². The van der Waals surface area contributed by atoms with Crippen molar-refractivity contribution in [3.8, 4) is 0 Å². The van der Waals surface area contributed by atoms with Crippen LogP contribution in [0.15, 0.2) is 91.0 Å². The molecule has 0 bridgehead atoms. The van der Waals surface area contributed by atoms with Crippen LogP contribution in [0.3, 0.4) is 0 Å². The first-order valence-electron chi connectivity index (χ1n) is 13.2. The van der Waals surface area contributed by atoms with E-state index in [0.29, 0.717) is 0 Å². The molecule has 1 atom stereocenters. The van der Waals surface area contributed by atoms with Crippen LogP contribution in [0.5, 0.6) is 0 Å². The number of anilines is 1. The fourth-order valence-electron chi connectivity index (χ4n) is 5.05. The Hall–Kier alpha value is -4.09. The molecule has 38 heavy (non-hydrogen) atoms. The number of likely N-dealkylation sites (tertiary alicyclic amines) is 1. The fraction of sp³-hybridized carbons (Fsp3) is 0.242. The number of rotatable bonds is 8. The second kappa shape index (κ2) is 12.0. The number of carbonyl (C=O) groups excluding carboxylic acids is 1. The molecule has 1 aliphatic rings. The van der Waals surface area contributed by atoms with Crippen LogP contribution in [0.1, 0.15) is 28.7 Å². The number of amides is 1. The zero-order chi connectivity index (χ0) is 26.3. The van der Waals surface area contributed by atoms with Gasteiger partial charge in [0.05, 0.1) is 0 Å². The molecule has 194 valence electrons. The van der Waals surface area contributed by atoms with E-state index in [1.54, 1.807) is 0 Å². The standard InChI is InChI=1S/C33H35N3O2/c1-35(2)32-19-18-28(30-10-6-7-11-31(30)32)22-36-21-20-29(23-36)34-33(37)38-24-27-16-14-26(15-17-27)13-12-25-8-4-3-5-9-25/h3-19,29H,20-24H2,1-2H3,(H,34,37)/b13-12+. The third-order valence-electron chi connectivity index (χ3n) is 7.08. The molecule has 0 saturated carbocycles. The molecule has 1 unspecified atom stereocenters. The molecule has 0 radical (unpaired) electrons. The third kappa shape index (κ3) is 6.42. The molecule has 5 heteroatoms. The lowest BCUT2D eigenvalue weighted by Gasteiger charge is -2.21. The number of fused-ring (bicyclic) bond motifs is 1. The third-order valence-corrected chi connectivity index (χ3v) is 7.08. The van der Waals surface area contributed by atoms with Gasteiger partial charge in [-0.2, -0.15) is 0 Å². The summed E-state index contributed by atoms with van der Waals surface area (Å²) in [7, 11) is 4.16. The first kappa shape index (κ1) is 25.6. The Morgan fingerprint density at radius 1 is 0.895 bits per heavy atom. The lowest BCUT2D eigenvalue weighted by Crippen LogP contribution is -2.37. The van der Waals surface area contributed by atoms with Gasteiger partial charge < -0.3 is 15.0 Å². The summed E-state index contributed by atoms with van der Waals surface area (Å²) in [6, 6.07) is 31.4. The molecule has 1 N–H and O–H groups in total. The SMILES string of the molecule is CN(C)c1ccc(CN2CCC(NC(=O)OCc3ccc(/C=C/c4ccccc4)cc3)C2)c2ccccc12. The first-order valence-corrected chi connectivity index (χ1v) is 13.2. The molecule has 4 aromatic rings.